The summed E-state index contributed by atoms with van der Waals surface area (Å²) < 4.78 is 5.40. The second kappa shape index (κ2) is 11.8. The molecule has 0 aliphatic carbocycles. The summed E-state index contributed by atoms with van der Waals surface area (Å²) in [6, 6.07) is 8.31. The van der Waals surface area contributed by atoms with Crippen LogP contribution in [0.1, 0.15) is 38.7 Å². The van der Waals surface area contributed by atoms with Gasteiger partial charge in [0.05, 0.1) is 7.11 Å². The number of hydrogen-bond acceptors (Lipinski definition) is 3. The van der Waals surface area contributed by atoms with E-state index in [0.717, 1.165) is 31.2 Å². The van der Waals surface area contributed by atoms with Gasteiger partial charge in [0.2, 0.25) is 0 Å². The number of hydrogen-bond donors (Lipinski definition) is 2. The molecule has 1 aromatic rings. The van der Waals surface area contributed by atoms with Crippen molar-refractivity contribution < 1.29 is 4.74 Å². The van der Waals surface area contributed by atoms with Crippen molar-refractivity contribution >= 4 is 41.7 Å². The van der Waals surface area contributed by atoms with Crippen molar-refractivity contribution in [2.45, 2.75) is 37.9 Å². The SMILES string of the molecule is CN=C(NCCC(C)c1ccc(OC)cc1)NCC(C)(C)SC.I. The Labute approximate surface area is 168 Å². The van der Waals surface area contributed by atoms with E-state index in [1.54, 1.807) is 7.11 Å². The molecule has 138 valence electrons. The van der Waals surface area contributed by atoms with E-state index in [9.17, 15) is 0 Å². The molecule has 6 heteroatoms. The molecule has 0 radical (unpaired) electrons. The topological polar surface area (TPSA) is 45.7 Å². The molecule has 0 aromatic heterocycles. The van der Waals surface area contributed by atoms with Gasteiger partial charge in [-0.3, -0.25) is 4.99 Å². The summed E-state index contributed by atoms with van der Waals surface area (Å²) in [5.41, 5.74) is 1.33. The molecule has 0 heterocycles. The van der Waals surface area contributed by atoms with Gasteiger partial charge in [0, 0.05) is 24.9 Å². The highest BCUT2D eigenvalue weighted by Gasteiger charge is 2.16. The highest BCUT2D eigenvalue weighted by Crippen LogP contribution is 2.21. The van der Waals surface area contributed by atoms with E-state index < -0.39 is 0 Å². The van der Waals surface area contributed by atoms with Gasteiger partial charge in [-0.15, -0.1) is 24.0 Å². The molecule has 0 aliphatic rings. The standard InChI is InChI=1S/C18H31N3OS.HI/c1-14(15-7-9-16(22-5)10-8-15)11-12-20-17(19-4)21-13-18(2,3)23-6;/h7-10,14H,11-13H2,1-6H3,(H2,19,20,21);1H. The molecule has 4 nitrogen and oxygen atoms in total. The molecule has 0 amide bonds. The van der Waals surface area contributed by atoms with Gasteiger partial charge in [-0.2, -0.15) is 11.8 Å². The molecule has 1 rings (SSSR count). The Balaban J connectivity index is 0.00000529. The molecule has 0 spiro atoms. The summed E-state index contributed by atoms with van der Waals surface area (Å²) in [7, 11) is 3.51. The van der Waals surface area contributed by atoms with E-state index in [4.69, 9.17) is 4.74 Å². The number of aliphatic imine (C=N–C) groups is 1. The van der Waals surface area contributed by atoms with Crippen LogP contribution in [0.5, 0.6) is 5.75 Å². The predicted molar refractivity (Wildman–Crippen MR) is 118 cm³/mol. The number of benzene rings is 1. The van der Waals surface area contributed by atoms with Crippen LogP contribution >= 0.6 is 35.7 Å². The van der Waals surface area contributed by atoms with Crippen molar-refractivity contribution in [3.8, 4) is 5.75 Å². The molecule has 1 aromatic carbocycles. The Morgan fingerprint density at radius 1 is 1.25 bits per heavy atom. The summed E-state index contributed by atoms with van der Waals surface area (Å²) in [6.07, 6.45) is 3.19. The number of halogens is 1. The summed E-state index contributed by atoms with van der Waals surface area (Å²) in [5.74, 6) is 2.27. The van der Waals surface area contributed by atoms with Crippen LogP contribution in [-0.4, -0.2) is 44.2 Å². The molecule has 0 fully saturated rings. The monoisotopic (exact) mass is 465 g/mol. The van der Waals surface area contributed by atoms with Crippen LogP contribution in [-0.2, 0) is 0 Å². The molecule has 0 aliphatic heterocycles. The zero-order chi connectivity index (χ0) is 17.3. The maximum absolute atomic E-state index is 5.20. The highest BCUT2D eigenvalue weighted by molar-refractivity contribution is 14.0. The number of guanidine groups is 1. The van der Waals surface area contributed by atoms with Crippen molar-refractivity contribution in [2.75, 3.05) is 33.5 Å². The van der Waals surface area contributed by atoms with Crippen molar-refractivity contribution in [1.29, 1.82) is 0 Å². The average Bonchev–Trinajstić information content (AvgIpc) is 2.57. The lowest BCUT2D eigenvalue weighted by molar-refractivity contribution is 0.414. The van der Waals surface area contributed by atoms with Crippen molar-refractivity contribution in [3.05, 3.63) is 29.8 Å². The van der Waals surface area contributed by atoms with Gasteiger partial charge in [-0.1, -0.05) is 19.1 Å². The fourth-order valence-electron chi connectivity index (χ4n) is 2.10. The molecule has 2 N–H and O–H groups in total. The predicted octanol–water partition coefficient (Wildman–Crippen LogP) is 4.11. The molecule has 24 heavy (non-hydrogen) atoms. The van der Waals surface area contributed by atoms with Crippen LogP contribution < -0.4 is 15.4 Å². The minimum atomic E-state index is 0. The average molecular weight is 465 g/mol. The third-order valence-electron chi connectivity index (χ3n) is 4.01. The molecule has 0 saturated carbocycles. The van der Waals surface area contributed by atoms with E-state index in [0.29, 0.717) is 5.92 Å². The Morgan fingerprint density at radius 2 is 1.88 bits per heavy atom. The fourth-order valence-corrected chi connectivity index (χ4v) is 2.31. The highest BCUT2D eigenvalue weighted by atomic mass is 127. The third kappa shape index (κ3) is 8.46. The second-order valence-corrected chi connectivity index (χ2v) is 7.79. The van der Waals surface area contributed by atoms with E-state index in [1.165, 1.54) is 5.56 Å². The summed E-state index contributed by atoms with van der Waals surface area (Å²) in [5, 5.41) is 6.78. The van der Waals surface area contributed by atoms with Gasteiger partial charge in [0.1, 0.15) is 5.75 Å². The Hall–Kier alpha value is -0.630. The lowest BCUT2D eigenvalue weighted by Crippen LogP contribution is -2.43. The minimum absolute atomic E-state index is 0. The molecule has 0 bridgehead atoms. The fraction of sp³-hybridized carbons (Fsp3) is 0.611. The molecule has 1 atom stereocenters. The first-order valence-corrected chi connectivity index (χ1v) is 9.28. The van der Waals surface area contributed by atoms with Gasteiger partial charge in [0.25, 0.3) is 0 Å². The number of nitrogens with zero attached hydrogens (tertiary/aromatic N) is 1. The number of methoxy groups -OCH3 is 1. The summed E-state index contributed by atoms with van der Waals surface area (Å²) in [4.78, 5) is 4.29. The van der Waals surface area contributed by atoms with Crippen LogP contribution in [0.25, 0.3) is 0 Å². The van der Waals surface area contributed by atoms with Gasteiger partial charge in [-0.25, -0.2) is 0 Å². The second-order valence-electron chi connectivity index (χ2n) is 6.28. The quantitative estimate of drug-likeness (QED) is 0.345. The van der Waals surface area contributed by atoms with E-state index in [2.05, 4.69) is 54.8 Å². The number of rotatable bonds is 8. The molecule has 1 unspecified atom stereocenters. The number of nitrogens with one attached hydrogen (secondary N) is 2. The first kappa shape index (κ1) is 23.4. The van der Waals surface area contributed by atoms with Crippen molar-refractivity contribution in [2.24, 2.45) is 4.99 Å². The van der Waals surface area contributed by atoms with Crippen molar-refractivity contribution in [3.63, 3.8) is 0 Å². The number of ether oxygens (including phenoxy) is 1. The first-order valence-electron chi connectivity index (χ1n) is 8.05. The molecular formula is C18H32IN3OS. The lowest BCUT2D eigenvalue weighted by atomic mass is 9.98. The van der Waals surface area contributed by atoms with E-state index >= 15 is 0 Å². The maximum Gasteiger partial charge on any atom is 0.191 e. The Kier molecular flexibility index (Phi) is 11.5. The van der Waals surface area contributed by atoms with Crippen LogP contribution in [0.15, 0.2) is 29.3 Å². The molecular weight excluding hydrogens is 433 g/mol. The third-order valence-corrected chi connectivity index (χ3v) is 5.26. The number of thioether (sulfide) groups is 1. The van der Waals surface area contributed by atoms with Gasteiger partial charge >= 0.3 is 0 Å². The Bertz CT molecular complexity index is 492. The van der Waals surface area contributed by atoms with Crippen LogP contribution in [0.2, 0.25) is 0 Å². The zero-order valence-electron chi connectivity index (χ0n) is 15.7. The van der Waals surface area contributed by atoms with Crippen LogP contribution in [0.4, 0.5) is 0 Å². The lowest BCUT2D eigenvalue weighted by Gasteiger charge is -2.24. The van der Waals surface area contributed by atoms with Crippen molar-refractivity contribution in [1.82, 2.24) is 10.6 Å². The van der Waals surface area contributed by atoms with Crippen LogP contribution in [0.3, 0.4) is 0 Å². The smallest absolute Gasteiger partial charge is 0.191 e. The van der Waals surface area contributed by atoms with Crippen LogP contribution in [0, 0.1) is 0 Å². The Morgan fingerprint density at radius 3 is 2.38 bits per heavy atom. The normalized spacial score (nSPS) is 13.0. The first-order chi connectivity index (χ1) is 10.9. The van der Waals surface area contributed by atoms with E-state index in [1.807, 2.05) is 30.9 Å². The van der Waals surface area contributed by atoms with Gasteiger partial charge < -0.3 is 15.4 Å². The van der Waals surface area contributed by atoms with Gasteiger partial charge in [0.15, 0.2) is 5.96 Å². The summed E-state index contributed by atoms with van der Waals surface area (Å²) >= 11 is 1.85. The largest absolute Gasteiger partial charge is 0.497 e. The maximum atomic E-state index is 5.20. The van der Waals surface area contributed by atoms with Gasteiger partial charge in [-0.05, 0) is 50.1 Å². The van der Waals surface area contributed by atoms with E-state index in [-0.39, 0.29) is 28.7 Å². The minimum Gasteiger partial charge on any atom is -0.497 e. The summed E-state index contributed by atoms with van der Waals surface area (Å²) in [6.45, 7) is 8.48. The molecule has 0 saturated heterocycles. The zero-order valence-corrected chi connectivity index (χ0v) is 18.8.